The number of hydrogen-bond acceptors (Lipinski definition) is 2. The predicted molar refractivity (Wildman–Crippen MR) is 106 cm³/mol. The van der Waals surface area contributed by atoms with Crippen LogP contribution in [0.5, 0.6) is 0 Å². The van der Waals surface area contributed by atoms with Crippen LogP contribution in [0, 0.1) is 0 Å². The summed E-state index contributed by atoms with van der Waals surface area (Å²) in [5, 5.41) is 4.21. The van der Waals surface area contributed by atoms with Gasteiger partial charge in [0.2, 0.25) is 11.8 Å². The molecular weight excluding hydrogens is 371 g/mol. The molecule has 0 bridgehead atoms. The van der Waals surface area contributed by atoms with Crippen molar-refractivity contribution in [3.63, 3.8) is 0 Å². The van der Waals surface area contributed by atoms with Gasteiger partial charge >= 0.3 is 0 Å². The molecule has 2 rings (SSSR count). The van der Waals surface area contributed by atoms with Crippen LogP contribution < -0.4 is 5.32 Å². The molecule has 0 radical (unpaired) electrons. The molecule has 0 spiro atoms. The molecule has 0 aliphatic heterocycles. The molecule has 1 aromatic rings. The first kappa shape index (κ1) is 21.0. The van der Waals surface area contributed by atoms with E-state index in [1.54, 1.807) is 17.0 Å². The predicted octanol–water partition coefficient (Wildman–Crippen LogP) is 4.96. The van der Waals surface area contributed by atoms with E-state index < -0.39 is 6.04 Å². The third-order valence-corrected chi connectivity index (χ3v) is 5.58. The molecule has 1 aliphatic carbocycles. The molecule has 0 heterocycles. The first-order valence-corrected chi connectivity index (χ1v) is 10.3. The second kappa shape index (κ2) is 10.2. The van der Waals surface area contributed by atoms with E-state index in [0.717, 1.165) is 31.2 Å². The first-order valence-electron chi connectivity index (χ1n) is 9.50. The van der Waals surface area contributed by atoms with Crippen LogP contribution in [0.2, 0.25) is 10.0 Å². The molecule has 0 saturated heterocycles. The normalized spacial score (nSPS) is 16.2. The monoisotopic (exact) mass is 398 g/mol. The zero-order chi connectivity index (χ0) is 19.1. The summed E-state index contributed by atoms with van der Waals surface area (Å²) < 4.78 is 0. The molecule has 26 heavy (non-hydrogen) atoms. The number of rotatable bonds is 7. The van der Waals surface area contributed by atoms with Gasteiger partial charge in [-0.05, 0) is 37.0 Å². The summed E-state index contributed by atoms with van der Waals surface area (Å²) in [6, 6.07) is 4.96. The summed E-state index contributed by atoms with van der Waals surface area (Å²) in [6.07, 6.45) is 6.49. The third-order valence-electron chi connectivity index (χ3n) is 5.00. The molecule has 0 unspecified atom stereocenters. The molecular formula is C20H28Cl2N2O2. The van der Waals surface area contributed by atoms with Crippen molar-refractivity contribution in [2.24, 2.45) is 0 Å². The quantitative estimate of drug-likeness (QED) is 0.705. The number of benzene rings is 1. The summed E-state index contributed by atoms with van der Waals surface area (Å²) in [5.41, 5.74) is 0.793. The number of nitrogens with zero attached hydrogens (tertiary/aromatic N) is 1. The van der Waals surface area contributed by atoms with Crippen LogP contribution >= 0.6 is 23.2 Å². The highest BCUT2D eigenvalue weighted by Gasteiger charge is 2.29. The highest BCUT2D eigenvalue weighted by molar-refractivity contribution is 6.35. The molecule has 4 nitrogen and oxygen atoms in total. The van der Waals surface area contributed by atoms with Crippen molar-refractivity contribution in [1.82, 2.24) is 10.2 Å². The zero-order valence-corrected chi connectivity index (χ0v) is 17.1. The second-order valence-corrected chi connectivity index (χ2v) is 7.72. The van der Waals surface area contributed by atoms with E-state index in [1.165, 1.54) is 6.42 Å². The highest BCUT2D eigenvalue weighted by atomic mass is 35.5. The molecule has 1 fully saturated rings. The Kier molecular flexibility index (Phi) is 8.23. The maximum absolute atomic E-state index is 12.9. The minimum Gasteiger partial charge on any atom is -0.352 e. The zero-order valence-electron chi connectivity index (χ0n) is 15.6. The van der Waals surface area contributed by atoms with Crippen LogP contribution in [0.1, 0.15) is 64.4 Å². The Hall–Kier alpha value is -1.26. The second-order valence-electron chi connectivity index (χ2n) is 6.88. The minimum absolute atomic E-state index is 0.0540. The SMILES string of the molecule is CCC(=O)N(Cc1ccc(Cl)cc1Cl)[C@H](CC)C(=O)NC1CCCCC1. The minimum atomic E-state index is -0.490. The molecule has 0 aromatic heterocycles. The molecule has 1 aromatic carbocycles. The van der Waals surface area contributed by atoms with Gasteiger partial charge in [-0.3, -0.25) is 9.59 Å². The van der Waals surface area contributed by atoms with Crippen molar-refractivity contribution >= 4 is 35.0 Å². The summed E-state index contributed by atoms with van der Waals surface area (Å²) in [7, 11) is 0. The topological polar surface area (TPSA) is 49.4 Å². The Balaban J connectivity index is 2.16. The van der Waals surface area contributed by atoms with E-state index >= 15 is 0 Å². The number of halogens is 2. The lowest BCUT2D eigenvalue weighted by molar-refractivity contribution is -0.141. The van der Waals surface area contributed by atoms with Gasteiger partial charge in [0.05, 0.1) is 0 Å². The van der Waals surface area contributed by atoms with Gasteiger partial charge in [-0.15, -0.1) is 0 Å². The Morgan fingerprint density at radius 3 is 2.46 bits per heavy atom. The fourth-order valence-corrected chi connectivity index (χ4v) is 3.97. The van der Waals surface area contributed by atoms with Crippen LogP contribution in [-0.2, 0) is 16.1 Å². The number of carbonyl (C=O) groups is 2. The summed E-state index contributed by atoms with van der Waals surface area (Å²) in [6.45, 7) is 4.05. The van der Waals surface area contributed by atoms with Gasteiger partial charge in [0, 0.05) is 29.1 Å². The van der Waals surface area contributed by atoms with E-state index in [4.69, 9.17) is 23.2 Å². The van der Waals surface area contributed by atoms with Crippen molar-refractivity contribution in [3.05, 3.63) is 33.8 Å². The van der Waals surface area contributed by atoms with Crippen molar-refractivity contribution in [1.29, 1.82) is 0 Å². The van der Waals surface area contributed by atoms with Crippen molar-refractivity contribution in [3.8, 4) is 0 Å². The van der Waals surface area contributed by atoms with Gasteiger partial charge in [0.1, 0.15) is 6.04 Å². The maximum atomic E-state index is 12.9. The molecule has 1 atom stereocenters. The lowest BCUT2D eigenvalue weighted by Gasteiger charge is -2.32. The van der Waals surface area contributed by atoms with Crippen LogP contribution in [0.4, 0.5) is 0 Å². The summed E-state index contributed by atoms with van der Waals surface area (Å²) >= 11 is 12.2. The number of carbonyl (C=O) groups excluding carboxylic acids is 2. The lowest BCUT2D eigenvalue weighted by atomic mass is 9.95. The van der Waals surface area contributed by atoms with Crippen LogP contribution in [0.15, 0.2) is 18.2 Å². The summed E-state index contributed by atoms with van der Waals surface area (Å²) in [4.78, 5) is 27.1. The number of hydrogen-bond donors (Lipinski definition) is 1. The Morgan fingerprint density at radius 2 is 1.88 bits per heavy atom. The molecule has 1 N–H and O–H groups in total. The fourth-order valence-electron chi connectivity index (χ4n) is 3.50. The first-order chi connectivity index (χ1) is 12.5. The Bertz CT molecular complexity index is 630. The lowest BCUT2D eigenvalue weighted by Crippen LogP contribution is -2.51. The average Bonchev–Trinajstić information content (AvgIpc) is 2.63. The third kappa shape index (κ3) is 5.62. The van der Waals surface area contributed by atoms with Crippen molar-refractivity contribution < 1.29 is 9.59 Å². The number of nitrogens with one attached hydrogen (secondary N) is 1. The van der Waals surface area contributed by atoms with E-state index in [-0.39, 0.29) is 17.9 Å². The van der Waals surface area contributed by atoms with E-state index in [1.807, 2.05) is 19.9 Å². The van der Waals surface area contributed by atoms with Gasteiger partial charge in [-0.2, -0.15) is 0 Å². The highest BCUT2D eigenvalue weighted by Crippen LogP contribution is 2.24. The largest absolute Gasteiger partial charge is 0.352 e. The smallest absolute Gasteiger partial charge is 0.243 e. The van der Waals surface area contributed by atoms with Gasteiger partial charge < -0.3 is 10.2 Å². The fraction of sp³-hybridized carbons (Fsp3) is 0.600. The van der Waals surface area contributed by atoms with Crippen LogP contribution in [-0.4, -0.2) is 28.8 Å². The Morgan fingerprint density at radius 1 is 1.19 bits per heavy atom. The van der Waals surface area contributed by atoms with Crippen LogP contribution in [0.25, 0.3) is 0 Å². The van der Waals surface area contributed by atoms with Crippen molar-refractivity contribution in [2.75, 3.05) is 0 Å². The Labute approximate surface area is 166 Å². The molecule has 1 saturated carbocycles. The van der Waals surface area contributed by atoms with E-state index in [0.29, 0.717) is 29.4 Å². The van der Waals surface area contributed by atoms with Crippen molar-refractivity contribution in [2.45, 2.75) is 77.4 Å². The molecule has 144 valence electrons. The van der Waals surface area contributed by atoms with E-state index in [2.05, 4.69) is 5.32 Å². The summed E-state index contributed by atoms with van der Waals surface area (Å²) in [5.74, 6) is -0.118. The molecule has 1 aliphatic rings. The van der Waals surface area contributed by atoms with Gasteiger partial charge in [-0.25, -0.2) is 0 Å². The average molecular weight is 399 g/mol. The van der Waals surface area contributed by atoms with E-state index in [9.17, 15) is 9.59 Å². The standard InChI is InChI=1S/C20H28Cl2N2O2/c1-3-18(20(26)23-16-8-6-5-7-9-16)24(19(25)4-2)13-14-10-11-15(21)12-17(14)22/h10-12,16,18H,3-9,13H2,1-2H3,(H,23,26)/t18-/m1/s1. The maximum Gasteiger partial charge on any atom is 0.243 e. The molecule has 2 amide bonds. The molecule has 6 heteroatoms. The van der Waals surface area contributed by atoms with Gasteiger partial charge in [0.15, 0.2) is 0 Å². The van der Waals surface area contributed by atoms with Gasteiger partial charge in [-0.1, -0.05) is 62.4 Å². The van der Waals surface area contributed by atoms with Gasteiger partial charge in [0.25, 0.3) is 0 Å². The number of amides is 2. The van der Waals surface area contributed by atoms with Crippen LogP contribution in [0.3, 0.4) is 0 Å².